The maximum atomic E-state index is 12.7. The van der Waals surface area contributed by atoms with E-state index in [9.17, 15) is 13.2 Å². The normalized spacial score (nSPS) is 26.7. The van der Waals surface area contributed by atoms with E-state index in [1.165, 1.54) is 6.26 Å². The predicted molar refractivity (Wildman–Crippen MR) is 77.2 cm³/mol. The fraction of sp³-hybridized carbons (Fsp3) is 0.929. The highest BCUT2D eigenvalue weighted by molar-refractivity contribution is 7.91. The molecule has 1 amide bonds. The van der Waals surface area contributed by atoms with E-state index in [2.05, 4.69) is 0 Å². The van der Waals surface area contributed by atoms with Crippen LogP contribution >= 0.6 is 0 Å². The van der Waals surface area contributed by atoms with Crippen molar-refractivity contribution >= 4 is 15.7 Å². The summed E-state index contributed by atoms with van der Waals surface area (Å²) in [7, 11) is -1.36. The van der Waals surface area contributed by atoms with Crippen molar-refractivity contribution in [3.8, 4) is 0 Å². The molecule has 20 heavy (non-hydrogen) atoms. The molecule has 1 unspecified atom stereocenters. The zero-order valence-electron chi connectivity index (χ0n) is 12.4. The molecule has 6 heteroatoms. The molecule has 0 spiro atoms. The average molecular weight is 303 g/mol. The summed E-state index contributed by atoms with van der Waals surface area (Å²) in [6, 6.07) is 0. The van der Waals surface area contributed by atoms with Gasteiger partial charge in [0.15, 0.2) is 0 Å². The van der Waals surface area contributed by atoms with Crippen molar-refractivity contribution in [2.24, 2.45) is 5.41 Å². The molecule has 2 rings (SSSR count). The lowest BCUT2D eigenvalue weighted by molar-refractivity contribution is -0.152. The van der Waals surface area contributed by atoms with Gasteiger partial charge in [-0.1, -0.05) is 6.42 Å². The number of likely N-dealkylation sites (tertiary alicyclic amines) is 1. The van der Waals surface area contributed by atoms with Crippen LogP contribution in [0.3, 0.4) is 0 Å². The Labute approximate surface area is 121 Å². The maximum absolute atomic E-state index is 12.7. The van der Waals surface area contributed by atoms with Crippen LogP contribution in [0.4, 0.5) is 0 Å². The summed E-state index contributed by atoms with van der Waals surface area (Å²) >= 11 is 0. The van der Waals surface area contributed by atoms with E-state index >= 15 is 0 Å². The summed E-state index contributed by atoms with van der Waals surface area (Å²) < 4.78 is 28.5. The van der Waals surface area contributed by atoms with E-state index in [1.807, 2.05) is 4.90 Å². The summed E-state index contributed by atoms with van der Waals surface area (Å²) in [5, 5.41) is -0.292. The van der Waals surface area contributed by atoms with Crippen LogP contribution in [0.5, 0.6) is 0 Å². The second-order valence-electron chi connectivity index (χ2n) is 6.24. The summed E-state index contributed by atoms with van der Waals surface area (Å²) in [5.41, 5.74) is -0.334. The molecule has 0 radical (unpaired) electrons. The first-order valence-electron chi connectivity index (χ1n) is 7.36. The predicted octanol–water partition coefficient (Wildman–Crippen LogP) is 1.23. The Hall–Kier alpha value is -0.620. The number of sulfone groups is 1. The first-order chi connectivity index (χ1) is 9.39. The molecule has 1 atom stereocenters. The van der Waals surface area contributed by atoms with Crippen molar-refractivity contribution in [1.29, 1.82) is 0 Å². The lowest BCUT2D eigenvalue weighted by Gasteiger charge is -2.42. The van der Waals surface area contributed by atoms with Gasteiger partial charge in [-0.25, -0.2) is 8.42 Å². The van der Waals surface area contributed by atoms with Crippen LogP contribution in [0.1, 0.15) is 38.5 Å². The van der Waals surface area contributed by atoms with Crippen LogP contribution in [-0.4, -0.2) is 57.5 Å². The van der Waals surface area contributed by atoms with Crippen LogP contribution in [0.25, 0.3) is 0 Å². The average Bonchev–Trinajstić information content (AvgIpc) is 2.58. The summed E-state index contributed by atoms with van der Waals surface area (Å²) in [5.74, 6) is 0.166. The molecule has 0 aromatic rings. The summed E-state index contributed by atoms with van der Waals surface area (Å²) in [6.45, 7) is 1.72. The van der Waals surface area contributed by atoms with E-state index in [-0.39, 0.29) is 16.6 Å². The minimum absolute atomic E-state index is 0.166. The Morgan fingerprint density at radius 1 is 1.25 bits per heavy atom. The Kier molecular flexibility index (Phi) is 4.74. The molecule has 0 bridgehead atoms. The molecule has 116 valence electrons. The Morgan fingerprint density at radius 3 is 2.45 bits per heavy atom. The molecule has 1 aliphatic heterocycles. The molecule has 5 nitrogen and oxygen atoms in total. The number of carbonyl (C=O) groups excluding carboxylic acids is 1. The van der Waals surface area contributed by atoms with Gasteiger partial charge in [0.25, 0.3) is 0 Å². The molecule has 2 aliphatic rings. The lowest BCUT2D eigenvalue weighted by Crippen LogP contribution is -2.50. The molecule has 1 aliphatic carbocycles. The van der Waals surface area contributed by atoms with Gasteiger partial charge in [0.1, 0.15) is 9.84 Å². The Balaban J connectivity index is 2.01. The number of methoxy groups -OCH3 is 1. The third-order valence-corrected chi connectivity index (χ3v) is 6.44. The third-order valence-electron chi connectivity index (χ3n) is 4.75. The van der Waals surface area contributed by atoms with Crippen molar-refractivity contribution in [2.75, 3.05) is 33.1 Å². The van der Waals surface area contributed by atoms with E-state index in [1.54, 1.807) is 7.11 Å². The van der Waals surface area contributed by atoms with Gasteiger partial charge in [0.2, 0.25) is 5.91 Å². The molecule has 0 N–H and O–H groups in total. The maximum Gasteiger partial charge on any atom is 0.231 e. The monoisotopic (exact) mass is 303 g/mol. The topological polar surface area (TPSA) is 63.7 Å². The molecular weight excluding hydrogens is 278 g/mol. The molecule has 2 fully saturated rings. The SMILES string of the molecule is COCC1(C(=O)N2CCCC(S(C)(=O)=O)CC2)CCC1. The third kappa shape index (κ3) is 3.17. The highest BCUT2D eigenvalue weighted by Gasteiger charge is 2.46. The largest absolute Gasteiger partial charge is 0.384 e. The van der Waals surface area contributed by atoms with E-state index in [0.717, 1.165) is 25.7 Å². The summed E-state index contributed by atoms with van der Waals surface area (Å²) in [4.78, 5) is 14.6. The highest BCUT2D eigenvalue weighted by atomic mass is 32.2. The minimum atomic E-state index is -3.00. The highest BCUT2D eigenvalue weighted by Crippen LogP contribution is 2.43. The van der Waals surface area contributed by atoms with Crippen LogP contribution in [0.15, 0.2) is 0 Å². The van der Waals surface area contributed by atoms with Gasteiger partial charge in [0.05, 0.1) is 17.3 Å². The van der Waals surface area contributed by atoms with Gasteiger partial charge in [-0.15, -0.1) is 0 Å². The number of hydrogen-bond donors (Lipinski definition) is 0. The summed E-state index contributed by atoms with van der Waals surface area (Å²) in [6.07, 6.45) is 6.17. The Bertz CT molecular complexity index is 456. The van der Waals surface area contributed by atoms with Gasteiger partial charge in [-0.05, 0) is 32.1 Å². The standard InChI is InChI=1S/C14H25NO4S/c1-19-11-14(7-4-8-14)13(16)15-9-3-5-12(6-10-15)20(2,17)18/h12H,3-11H2,1-2H3. The number of nitrogens with zero attached hydrogens (tertiary/aromatic N) is 1. The van der Waals surface area contributed by atoms with Gasteiger partial charge < -0.3 is 9.64 Å². The fourth-order valence-corrected chi connectivity index (χ4v) is 4.46. The van der Waals surface area contributed by atoms with Gasteiger partial charge in [0, 0.05) is 26.5 Å². The number of ether oxygens (including phenoxy) is 1. The first-order valence-corrected chi connectivity index (χ1v) is 9.32. The smallest absolute Gasteiger partial charge is 0.231 e. The Morgan fingerprint density at radius 2 is 1.95 bits per heavy atom. The van der Waals surface area contributed by atoms with Crippen molar-refractivity contribution in [1.82, 2.24) is 4.90 Å². The number of rotatable bonds is 4. The second-order valence-corrected chi connectivity index (χ2v) is 8.57. The zero-order valence-corrected chi connectivity index (χ0v) is 13.2. The van der Waals surface area contributed by atoms with Crippen molar-refractivity contribution in [3.05, 3.63) is 0 Å². The number of amides is 1. The van der Waals surface area contributed by atoms with E-state index in [4.69, 9.17) is 4.74 Å². The molecule has 0 aromatic heterocycles. The van der Waals surface area contributed by atoms with Gasteiger partial charge >= 0.3 is 0 Å². The van der Waals surface area contributed by atoms with E-state index < -0.39 is 9.84 Å². The van der Waals surface area contributed by atoms with Crippen molar-refractivity contribution < 1.29 is 17.9 Å². The van der Waals surface area contributed by atoms with Gasteiger partial charge in [-0.3, -0.25) is 4.79 Å². The van der Waals surface area contributed by atoms with Gasteiger partial charge in [-0.2, -0.15) is 0 Å². The molecule has 1 saturated heterocycles. The van der Waals surface area contributed by atoms with Crippen molar-refractivity contribution in [2.45, 2.75) is 43.8 Å². The number of hydrogen-bond acceptors (Lipinski definition) is 4. The zero-order chi connectivity index (χ0) is 14.8. The fourth-order valence-electron chi connectivity index (χ4n) is 3.33. The second kappa shape index (κ2) is 6.02. The van der Waals surface area contributed by atoms with Crippen molar-refractivity contribution in [3.63, 3.8) is 0 Å². The van der Waals surface area contributed by atoms with Crippen LogP contribution < -0.4 is 0 Å². The first kappa shape index (κ1) is 15.8. The van der Waals surface area contributed by atoms with Crippen LogP contribution in [0.2, 0.25) is 0 Å². The molecular formula is C14H25NO4S. The lowest BCUT2D eigenvalue weighted by atomic mass is 9.68. The van der Waals surface area contributed by atoms with Crippen LogP contribution in [-0.2, 0) is 19.4 Å². The van der Waals surface area contributed by atoms with E-state index in [0.29, 0.717) is 32.5 Å². The quantitative estimate of drug-likeness (QED) is 0.783. The number of carbonyl (C=O) groups is 1. The molecule has 1 heterocycles. The molecule has 1 saturated carbocycles. The molecule has 0 aromatic carbocycles. The van der Waals surface area contributed by atoms with Crippen LogP contribution in [0, 0.1) is 5.41 Å². The minimum Gasteiger partial charge on any atom is -0.384 e.